The number of aliphatic hydroxyl groups is 1. The molecular weight excluding hydrogens is 404 g/mol. The number of benzene rings is 1. The summed E-state index contributed by atoms with van der Waals surface area (Å²) in [5.41, 5.74) is 1.10. The Hall–Kier alpha value is -1.97. The van der Waals surface area contributed by atoms with Crippen molar-refractivity contribution in [3.8, 4) is 0 Å². The number of amides is 1. The molecule has 1 atom stereocenters. The summed E-state index contributed by atoms with van der Waals surface area (Å²) in [6.45, 7) is 4.44. The maximum absolute atomic E-state index is 12.8. The van der Waals surface area contributed by atoms with Crippen LogP contribution < -0.4 is 0 Å². The minimum atomic E-state index is -3.02. The number of para-hydroxylation sites is 2. The third kappa shape index (κ3) is 4.53. The summed E-state index contributed by atoms with van der Waals surface area (Å²) < 4.78 is 25.5. The number of imidazole rings is 1. The lowest BCUT2D eigenvalue weighted by molar-refractivity contribution is -0.135. The van der Waals surface area contributed by atoms with Gasteiger partial charge < -0.3 is 14.6 Å². The number of piperidine rings is 1. The number of sulfone groups is 1. The molecule has 1 amide bonds. The Morgan fingerprint density at radius 1 is 1.30 bits per heavy atom. The van der Waals surface area contributed by atoms with Crippen molar-refractivity contribution >= 4 is 26.8 Å². The molecule has 1 N–H and O–H groups in total. The molecule has 2 fully saturated rings. The molecule has 0 aliphatic carbocycles. The number of rotatable bonds is 6. The second-order valence-corrected chi connectivity index (χ2v) is 10.8. The standard InChI is InChI=1S/C21H30N4O4S/c1-2-25(17-7-12-30(28,29)14-17)20(26)13-23-10-8-21(27,9-11-23)15-24-16-22-18-5-3-4-6-19(18)24/h3-6,16-17,27H,2,7-15H2,1H3. The molecule has 2 aliphatic heterocycles. The van der Waals surface area contributed by atoms with Crippen LogP contribution in [0, 0.1) is 0 Å². The van der Waals surface area contributed by atoms with E-state index in [1.165, 1.54) is 0 Å². The number of aromatic nitrogens is 2. The van der Waals surface area contributed by atoms with Gasteiger partial charge in [-0.1, -0.05) is 12.1 Å². The molecule has 3 heterocycles. The van der Waals surface area contributed by atoms with Gasteiger partial charge in [0.25, 0.3) is 0 Å². The van der Waals surface area contributed by atoms with Gasteiger partial charge in [0.05, 0.1) is 47.6 Å². The van der Waals surface area contributed by atoms with Crippen molar-refractivity contribution in [2.75, 3.05) is 37.7 Å². The largest absolute Gasteiger partial charge is 0.388 e. The summed E-state index contributed by atoms with van der Waals surface area (Å²) >= 11 is 0. The van der Waals surface area contributed by atoms with Crippen molar-refractivity contribution in [1.29, 1.82) is 0 Å². The predicted octanol–water partition coefficient (Wildman–Crippen LogP) is 0.899. The average Bonchev–Trinajstić information content (AvgIpc) is 3.27. The van der Waals surface area contributed by atoms with Crippen LogP contribution in [0.4, 0.5) is 0 Å². The fourth-order valence-corrected chi connectivity index (χ4v) is 6.41. The van der Waals surface area contributed by atoms with Crippen LogP contribution in [0.1, 0.15) is 26.2 Å². The zero-order valence-corrected chi connectivity index (χ0v) is 18.2. The number of nitrogens with zero attached hydrogens (tertiary/aromatic N) is 4. The molecular formula is C21H30N4O4S. The molecule has 2 aromatic rings. The van der Waals surface area contributed by atoms with Gasteiger partial charge in [-0.15, -0.1) is 0 Å². The van der Waals surface area contributed by atoms with E-state index in [-0.39, 0.29) is 30.0 Å². The van der Waals surface area contributed by atoms with Gasteiger partial charge >= 0.3 is 0 Å². The molecule has 9 heteroatoms. The highest BCUT2D eigenvalue weighted by molar-refractivity contribution is 7.91. The molecule has 1 unspecified atom stereocenters. The van der Waals surface area contributed by atoms with E-state index in [0.29, 0.717) is 45.4 Å². The van der Waals surface area contributed by atoms with Gasteiger partial charge in [0.1, 0.15) is 0 Å². The fourth-order valence-electron chi connectivity index (χ4n) is 4.68. The Labute approximate surface area is 177 Å². The number of fused-ring (bicyclic) bond motifs is 1. The van der Waals surface area contributed by atoms with Gasteiger partial charge in [-0.05, 0) is 38.3 Å². The summed E-state index contributed by atoms with van der Waals surface area (Å²) in [7, 11) is -3.02. The van der Waals surface area contributed by atoms with E-state index >= 15 is 0 Å². The summed E-state index contributed by atoms with van der Waals surface area (Å²) in [6.07, 6.45) is 3.46. The van der Waals surface area contributed by atoms with E-state index in [0.717, 1.165) is 11.0 Å². The van der Waals surface area contributed by atoms with Crippen molar-refractivity contribution < 1.29 is 18.3 Å². The van der Waals surface area contributed by atoms with E-state index in [4.69, 9.17) is 0 Å². The van der Waals surface area contributed by atoms with Crippen molar-refractivity contribution in [2.24, 2.45) is 0 Å². The Bertz CT molecular complexity index is 1010. The van der Waals surface area contributed by atoms with Gasteiger partial charge in [-0.25, -0.2) is 13.4 Å². The maximum atomic E-state index is 12.8. The van der Waals surface area contributed by atoms with Crippen LogP contribution in [-0.4, -0.2) is 88.1 Å². The van der Waals surface area contributed by atoms with Crippen LogP contribution in [0.25, 0.3) is 11.0 Å². The Kier molecular flexibility index (Phi) is 5.87. The minimum Gasteiger partial charge on any atom is -0.388 e. The number of hydrogen-bond acceptors (Lipinski definition) is 6. The van der Waals surface area contributed by atoms with Crippen molar-refractivity contribution in [1.82, 2.24) is 19.4 Å². The normalized spacial score (nSPS) is 23.6. The number of carbonyl (C=O) groups excluding carboxylic acids is 1. The van der Waals surface area contributed by atoms with Gasteiger partial charge in [-0.3, -0.25) is 9.69 Å². The summed E-state index contributed by atoms with van der Waals surface area (Å²) in [5.74, 6) is 0.220. The maximum Gasteiger partial charge on any atom is 0.237 e. The molecule has 0 bridgehead atoms. The van der Waals surface area contributed by atoms with Gasteiger partial charge in [0.2, 0.25) is 5.91 Å². The predicted molar refractivity (Wildman–Crippen MR) is 115 cm³/mol. The number of likely N-dealkylation sites (tertiary alicyclic amines) is 1. The van der Waals surface area contributed by atoms with E-state index < -0.39 is 15.4 Å². The second kappa shape index (κ2) is 8.28. The second-order valence-electron chi connectivity index (χ2n) is 8.60. The van der Waals surface area contributed by atoms with Crippen LogP contribution in [0.2, 0.25) is 0 Å². The van der Waals surface area contributed by atoms with Crippen molar-refractivity contribution in [3.05, 3.63) is 30.6 Å². The van der Waals surface area contributed by atoms with Gasteiger partial charge in [-0.2, -0.15) is 0 Å². The highest BCUT2D eigenvalue weighted by Crippen LogP contribution is 2.26. The smallest absolute Gasteiger partial charge is 0.237 e. The molecule has 8 nitrogen and oxygen atoms in total. The molecule has 30 heavy (non-hydrogen) atoms. The van der Waals surface area contributed by atoms with E-state index in [2.05, 4.69) is 9.88 Å². The summed E-state index contributed by atoms with van der Waals surface area (Å²) in [4.78, 5) is 21.0. The molecule has 164 valence electrons. The van der Waals surface area contributed by atoms with E-state index in [1.807, 2.05) is 35.8 Å². The average molecular weight is 435 g/mol. The topological polar surface area (TPSA) is 95.7 Å². The first kappa shape index (κ1) is 21.3. The molecule has 4 rings (SSSR count). The Morgan fingerprint density at radius 2 is 2.03 bits per heavy atom. The fraction of sp³-hybridized carbons (Fsp3) is 0.619. The molecule has 0 spiro atoms. The first-order valence-corrected chi connectivity index (χ1v) is 12.5. The third-order valence-electron chi connectivity index (χ3n) is 6.45. The van der Waals surface area contributed by atoms with E-state index in [9.17, 15) is 18.3 Å². The SMILES string of the molecule is CCN(C(=O)CN1CCC(O)(Cn2cnc3ccccc32)CC1)C1CCS(=O)(=O)C1. The zero-order chi connectivity index (χ0) is 21.4. The molecule has 1 aromatic carbocycles. The lowest BCUT2D eigenvalue weighted by atomic mass is 9.91. The number of likely N-dealkylation sites (N-methyl/N-ethyl adjacent to an activating group) is 1. The Balaban J connectivity index is 1.33. The molecule has 0 saturated carbocycles. The van der Waals surface area contributed by atoms with Crippen LogP contribution in [0.15, 0.2) is 30.6 Å². The highest BCUT2D eigenvalue weighted by Gasteiger charge is 2.36. The summed E-state index contributed by atoms with van der Waals surface area (Å²) in [5, 5.41) is 11.1. The van der Waals surface area contributed by atoms with Crippen molar-refractivity contribution in [2.45, 2.75) is 44.4 Å². The first-order valence-electron chi connectivity index (χ1n) is 10.6. The third-order valence-corrected chi connectivity index (χ3v) is 8.20. The van der Waals surface area contributed by atoms with Gasteiger partial charge in [0.15, 0.2) is 9.84 Å². The van der Waals surface area contributed by atoms with Gasteiger partial charge in [0, 0.05) is 25.7 Å². The van der Waals surface area contributed by atoms with Crippen LogP contribution in [0.3, 0.4) is 0 Å². The van der Waals surface area contributed by atoms with Crippen molar-refractivity contribution in [3.63, 3.8) is 0 Å². The first-order chi connectivity index (χ1) is 14.3. The van der Waals surface area contributed by atoms with Crippen LogP contribution in [-0.2, 0) is 21.2 Å². The van der Waals surface area contributed by atoms with Crippen LogP contribution in [0.5, 0.6) is 0 Å². The van der Waals surface area contributed by atoms with E-state index in [1.54, 1.807) is 11.2 Å². The summed E-state index contributed by atoms with van der Waals surface area (Å²) in [6, 6.07) is 7.67. The number of hydrogen-bond donors (Lipinski definition) is 1. The lowest BCUT2D eigenvalue weighted by Crippen LogP contribution is -2.51. The molecule has 1 aromatic heterocycles. The van der Waals surface area contributed by atoms with Crippen LogP contribution >= 0.6 is 0 Å². The number of carbonyl (C=O) groups is 1. The quantitative estimate of drug-likeness (QED) is 0.726. The molecule has 0 radical (unpaired) electrons. The molecule has 2 aliphatic rings. The zero-order valence-electron chi connectivity index (χ0n) is 17.4. The Morgan fingerprint density at radius 3 is 2.70 bits per heavy atom. The highest BCUT2D eigenvalue weighted by atomic mass is 32.2. The molecule has 2 saturated heterocycles. The lowest BCUT2D eigenvalue weighted by Gasteiger charge is -2.39. The minimum absolute atomic E-state index is 0.0226. The monoisotopic (exact) mass is 434 g/mol.